The van der Waals surface area contributed by atoms with Crippen molar-refractivity contribution in [2.75, 3.05) is 7.05 Å². The molecule has 0 heterocycles. The fraction of sp³-hybridized carbons (Fsp3) is 0.200. The van der Waals surface area contributed by atoms with Crippen molar-refractivity contribution >= 4 is 27.5 Å². The molecule has 0 atom stereocenters. The maximum Gasteiger partial charge on any atom is 0.141 e. The normalized spacial score (nSPS) is 10.5. The second-order valence-electron chi connectivity index (χ2n) is 4.32. The van der Waals surface area contributed by atoms with Gasteiger partial charge in [-0.1, -0.05) is 29.3 Å². The molecule has 0 fully saturated rings. The maximum atomic E-state index is 5.96. The van der Waals surface area contributed by atoms with E-state index in [0.717, 1.165) is 28.1 Å². The van der Waals surface area contributed by atoms with Gasteiger partial charge in [0.15, 0.2) is 0 Å². The summed E-state index contributed by atoms with van der Waals surface area (Å²) in [4.78, 5) is 0. The van der Waals surface area contributed by atoms with Gasteiger partial charge < -0.3 is 10.1 Å². The Morgan fingerprint density at radius 2 is 1.89 bits per heavy atom. The van der Waals surface area contributed by atoms with E-state index in [1.54, 1.807) is 0 Å². The van der Waals surface area contributed by atoms with E-state index in [9.17, 15) is 0 Å². The van der Waals surface area contributed by atoms with Gasteiger partial charge in [0.25, 0.3) is 0 Å². The van der Waals surface area contributed by atoms with Gasteiger partial charge in [0.2, 0.25) is 0 Å². The van der Waals surface area contributed by atoms with Gasteiger partial charge in [-0.15, -0.1) is 0 Å². The lowest BCUT2D eigenvalue weighted by Crippen LogP contribution is -2.06. The average molecular weight is 341 g/mol. The highest BCUT2D eigenvalue weighted by atomic mass is 79.9. The summed E-state index contributed by atoms with van der Waals surface area (Å²) in [7, 11) is 1.92. The predicted molar refractivity (Wildman–Crippen MR) is 83.2 cm³/mol. The van der Waals surface area contributed by atoms with Crippen molar-refractivity contribution in [1.82, 2.24) is 5.32 Å². The molecule has 2 nitrogen and oxygen atoms in total. The van der Waals surface area contributed by atoms with E-state index in [1.165, 1.54) is 5.56 Å². The first-order valence-electron chi connectivity index (χ1n) is 5.97. The summed E-state index contributed by atoms with van der Waals surface area (Å²) in [5.74, 6) is 1.61. The molecule has 100 valence electrons. The van der Waals surface area contributed by atoms with Crippen molar-refractivity contribution < 1.29 is 4.74 Å². The van der Waals surface area contributed by atoms with Crippen LogP contribution in [-0.4, -0.2) is 7.05 Å². The smallest absolute Gasteiger partial charge is 0.141 e. The Hall–Kier alpha value is -1.03. The summed E-state index contributed by atoms with van der Waals surface area (Å²) < 4.78 is 6.80. The number of rotatable bonds is 4. The Morgan fingerprint density at radius 3 is 2.58 bits per heavy atom. The fourth-order valence-corrected chi connectivity index (χ4v) is 2.58. The zero-order valence-corrected chi connectivity index (χ0v) is 13.2. The fourth-order valence-electron chi connectivity index (χ4n) is 1.81. The molecule has 0 radical (unpaired) electrons. The lowest BCUT2D eigenvalue weighted by atomic mass is 10.1. The van der Waals surface area contributed by atoms with Gasteiger partial charge in [0.05, 0.1) is 4.47 Å². The van der Waals surface area contributed by atoms with Crippen molar-refractivity contribution in [2.24, 2.45) is 0 Å². The Labute approximate surface area is 126 Å². The summed E-state index contributed by atoms with van der Waals surface area (Å²) >= 11 is 9.38. The van der Waals surface area contributed by atoms with Crippen LogP contribution in [0.3, 0.4) is 0 Å². The molecule has 2 rings (SSSR count). The number of halogens is 2. The van der Waals surface area contributed by atoms with E-state index >= 15 is 0 Å². The zero-order chi connectivity index (χ0) is 13.8. The Morgan fingerprint density at radius 1 is 1.16 bits per heavy atom. The molecule has 0 aliphatic rings. The van der Waals surface area contributed by atoms with E-state index in [2.05, 4.69) is 34.2 Å². The zero-order valence-electron chi connectivity index (χ0n) is 10.8. The second-order valence-corrected chi connectivity index (χ2v) is 5.61. The molecule has 0 aliphatic carbocycles. The van der Waals surface area contributed by atoms with Gasteiger partial charge in [-0.2, -0.15) is 0 Å². The molecule has 1 N–H and O–H groups in total. The molecule has 0 bridgehead atoms. The predicted octanol–water partition coefficient (Wildman–Crippen LogP) is 4.92. The lowest BCUT2D eigenvalue weighted by molar-refractivity contribution is 0.471. The summed E-state index contributed by atoms with van der Waals surface area (Å²) in [5.41, 5.74) is 2.34. The van der Waals surface area contributed by atoms with Crippen LogP contribution in [0.4, 0.5) is 0 Å². The Kier molecular flexibility index (Phi) is 4.86. The SMILES string of the molecule is CNCc1cc(C)ccc1Oc1ccc(Cl)cc1Br. The van der Waals surface area contributed by atoms with E-state index in [4.69, 9.17) is 16.3 Å². The number of benzene rings is 2. The van der Waals surface area contributed by atoms with Crippen LogP contribution in [-0.2, 0) is 6.54 Å². The molecular formula is C15H15BrClNO. The third-order valence-corrected chi connectivity index (χ3v) is 3.55. The molecule has 0 saturated carbocycles. The molecular weight excluding hydrogens is 326 g/mol. The topological polar surface area (TPSA) is 21.3 Å². The van der Waals surface area contributed by atoms with Gasteiger partial charge in [-0.3, -0.25) is 0 Å². The minimum absolute atomic E-state index is 0.679. The summed E-state index contributed by atoms with van der Waals surface area (Å²) in [6.45, 7) is 2.84. The molecule has 0 unspecified atom stereocenters. The second kappa shape index (κ2) is 6.42. The van der Waals surface area contributed by atoms with Crippen LogP contribution in [0.15, 0.2) is 40.9 Å². The van der Waals surface area contributed by atoms with Crippen LogP contribution >= 0.6 is 27.5 Å². The largest absolute Gasteiger partial charge is 0.456 e. The molecule has 0 spiro atoms. The summed E-state index contributed by atoms with van der Waals surface area (Å²) in [5, 5.41) is 3.83. The van der Waals surface area contributed by atoms with Crippen LogP contribution in [0.25, 0.3) is 0 Å². The summed E-state index contributed by atoms with van der Waals surface area (Å²) in [6.07, 6.45) is 0. The van der Waals surface area contributed by atoms with E-state index < -0.39 is 0 Å². The standard InChI is InChI=1S/C15H15BrClNO/c1-10-3-5-14(11(7-10)9-18-2)19-15-6-4-12(17)8-13(15)16/h3-8,18H,9H2,1-2H3. The van der Waals surface area contributed by atoms with Crippen LogP contribution in [0.5, 0.6) is 11.5 Å². The van der Waals surface area contributed by atoms with Gasteiger partial charge in [0, 0.05) is 17.1 Å². The molecule has 19 heavy (non-hydrogen) atoms. The lowest BCUT2D eigenvalue weighted by Gasteiger charge is -2.13. The van der Waals surface area contributed by atoms with Gasteiger partial charge in [-0.05, 0) is 54.2 Å². The van der Waals surface area contributed by atoms with Crippen LogP contribution in [0.1, 0.15) is 11.1 Å². The monoisotopic (exact) mass is 339 g/mol. The number of nitrogens with one attached hydrogen (secondary N) is 1. The van der Waals surface area contributed by atoms with E-state index in [-0.39, 0.29) is 0 Å². The minimum Gasteiger partial charge on any atom is -0.456 e. The van der Waals surface area contributed by atoms with Crippen molar-refractivity contribution in [3.05, 3.63) is 57.0 Å². The Bertz CT molecular complexity index is 586. The molecule has 4 heteroatoms. The van der Waals surface area contributed by atoms with E-state index in [1.807, 2.05) is 37.4 Å². The quantitative estimate of drug-likeness (QED) is 0.852. The van der Waals surface area contributed by atoms with Gasteiger partial charge >= 0.3 is 0 Å². The molecule has 2 aromatic rings. The van der Waals surface area contributed by atoms with Crippen molar-refractivity contribution in [2.45, 2.75) is 13.5 Å². The van der Waals surface area contributed by atoms with Crippen LogP contribution in [0, 0.1) is 6.92 Å². The minimum atomic E-state index is 0.679. The van der Waals surface area contributed by atoms with Crippen LogP contribution < -0.4 is 10.1 Å². The highest BCUT2D eigenvalue weighted by molar-refractivity contribution is 9.10. The average Bonchev–Trinajstić information content (AvgIpc) is 2.36. The number of hydrogen-bond donors (Lipinski definition) is 1. The number of aryl methyl sites for hydroxylation is 1. The molecule has 2 aromatic carbocycles. The molecule has 0 saturated heterocycles. The molecule has 0 aliphatic heterocycles. The first-order valence-corrected chi connectivity index (χ1v) is 7.14. The highest BCUT2D eigenvalue weighted by Gasteiger charge is 2.08. The number of hydrogen-bond acceptors (Lipinski definition) is 2. The van der Waals surface area contributed by atoms with Crippen LogP contribution in [0.2, 0.25) is 5.02 Å². The third kappa shape index (κ3) is 3.72. The Balaban J connectivity index is 2.32. The van der Waals surface area contributed by atoms with Gasteiger partial charge in [-0.25, -0.2) is 0 Å². The molecule has 0 amide bonds. The first-order chi connectivity index (χ1) is 9.10. The number of ether oxygens (including phenoxy) is 1. The van der Waals surface area contributed by atoms with Gasteiger partial charge in [0.1, 0.15) is 11.5 Å². The first kappa shape index (κ1) is 14.4. The third-order valence-electron chi connectivity index (χ3n) is 2.70. The van der Waals surface area contributed by atoms with Crippen molar-refractivity contribution in [1.29, 1.82) is 0 Å². The summed E-state index contributed by atoms with van der Waals surface area (Å²) in [6, 6.07) is 11.6. The highest BCUT2D eigenvalue weighted by Crippen LogP contribution is 2.33. The van der Waals surface area contributed by atoms with Crippen molar-refractivity contribution in [3.63, 3.8) is 0 Å². The van der Waals surface area contributed by atoms with E-state index in [0.29, 0.717) is 5.02 Å². The van der Waals surface area contributed by atoms with Crippen molar-refractivity contribution in [3.8, 4) is 11.5 Å². The molecule has 0 aromatic heterocycles. The maximum absolute atomic E-state index is 5.96.